The van der Waals surface area contributed by atoms with Crippen LogP contribution in [-0.2, 0) is 57.4 Å². The molecule has 2 heterocycles. The predicted molar refractivity (Wildman–Crippen MR) is 305 cm³/mol. The van der Waals surface area contributed by atoms with Gasteiger partial charge in [0.2, 0.25) is 59.1 Å². The van der Waals surface area contributed by atoms with Crippen molar-refractivity contribution in [2.75, 3.05) is 39.5 Å². The number of ether oxygens (including phenoxy) is 2. The van der Waals surface area contributed by atoms with E-state index in [1.54, 1.807) is 6.92 Å². The number of carbonyl (C=O) groups is 10. The van der Waals surface area contributed by atoms with Gasteiger partial charge in [0.05, 0.1) is 51.4 Å². The van der Waals surface area contributed by atoms with Crippen LogP contribution in [0.1, 0.15) is 128 Å². The van der Waals surface area contributed by atoms with Crippen LogP contribution >= 0.6 is 0 Å². The minimum absolute atomic E-state index is 0.000125. The molecule has 0 aromatic heterocycles. The third kappa shape index (κ3) is 25.9. The highest BCUT2D eigenvalue weighted by Gasteiger charge is 2.42. The highest BCUT2D eigenvalue weighted by atomic mass is 16.7. The highest BCUT2D eigenvalue weighted by molar-refractivity contribution is 5.99. The van der Waals surface area contributed by atoms with E-state index in [2.05, 4.69) is 54.8 Å². The van der Waals surface area contributed by atoms with Gasteiger partial charge in [0.1, 0.15) is 72.5 Å². The van der Waals surface area contributed by atoms with Crippen LogP contribution in [0.2, 0.25) is 0 Å². The van der Waals surface area contributed by atoms with E-state index in [1.807, 2.05) is 0 Å². The molecule has 2 saturated heterocycles. The molecular weight excluding hydrogens is 1150 g/mol. The molecule has 492 valence electrons. The minimum atomic E-state index is -2.08. The average Bonchev–Trinajstić information content (AvgIpc) is 2.98. The first-order valence-electron chi connectivity index (χ1n) is 29.4. The second-order valence-electron chi connectivity index (χ2n) is 21.6. The monoisotopic (exact) mass is 1240 g/mol. The van der Waals surface area contributed by atoms with Gasteiger partial charge in [0.15, 0.2) is 6.29 Å². The van der Waals surface area contributed by atoms with Gasteiger partial charge >= 0.3 is 0 Å². The molecule has 2 fully saturated rings. The SMILES string of the molecule is CCCCCCCCCCC[C@@H](O[C@H]1OC[C@@H](O)[C@H](O)[C@H]1O)[C@H](O)[C@H](O)C[C@@H]1CC(=O)N[C@@H](CO)C(=O)N[C@H]([C@H](O)c2ccc(O)cc2)C(=O)N[C@H](CCN)C(=O)NCC(=O)N[C@@H](CC(=O)NCCC)C(=O)N[C@H](CO)C(=O)N[C@@H](CC(N)=O)C(=O)N1. The van der Waals surface area contributed by atoms with E-state index in [0.717, 1.165) is 57.1 Å². The molecule has 87 heavy (non-hydrogen) atoms. The Morgan fingerprint density at radius 2 is 1.22 bits per heavy atom. The lowest BCUT2D eigenvalue weighted by Crippen LogP contribution is -2.60. The Morgan fingerprint density at radius 3 is 1.83 bits per heavy atom. The molecule has 1 aromatic rings. The summed E-state index contributed by atoms with van der Waals surface area (Å²) < 4.78 is 11.4. The summed E-state index contributed by atoms with van der Waals surface area (Å²) in [6, 6.07) is -8.61. The molecule has 2 aliphatic heterocycles. The summed E-state index contributed by atoms with van der Waals surface area (Å²) in [5, 5.41) is 118. The topological polar surface area (TPSA) is 532 Å². The van der Waals surface area contributed by atoms with Crippen molar-refractivity contribution in [1.29, 1.82) is 0 Å². The molecule has 0 spiro atoms. The van der Waals surface area contributed by atoms with Crippen LogP contribution in [-0.4, -0.2) is 230 Å². The summed E-state index contributed by atoms with van der Waals surface area (Å²) in [7, 11) is 0. The van der Waals surface area contributed by atoms with E-state index < -0.39 is 202 Å². The minimum Gasteiger partial charge on any atom is -0.508 e. The number of aromatic hydroxyl groups is 1. The van der Waals surface area contributed by atoms with Crippen molar-refractivity contribution >= 4 is 59.1 Å². The molecule has 0 saturated carbocycles. The maximum absolute atomic E-state index is 14.3. The smallest absolute Gasteiger partial charge is 0.246 e. The fourth-order valence-electron chi connectivity index (χ4n) is 9.41. The summed E-state index contributed by atoms with van der Waals surface area (Å²) in [5.74, 6) is -12.2. The van der Waals surface area contributed by atoms with E-state index in [-0.39, 0.29) is 37.2 Å². The molecule has 22 N–H and O–H groups in total. The average molecular weight is 1240 g/mol. The van der Waals surface area contributed by atoms with E-state index in [9.17, 15) is 93.9 Å². The first-order valence-corrected chi connectivity index (χ1v) is 29.4. The fraction of sp³-hybridized carbons (Fsp3) is 0.709. The van der Waals surface area contributed by atoms with Crippen LogP contribution in [0.3, 0.4) is 0 Å². The zero-order valence-electron chi connectivity index (χ0n) is 49.1. The van der Waals surface area contributed by atoms with Gasteiger partial charge in [-0.1, -0.05) is 83.8 Å². The molecular formula is C55H91N11O21. The molecule has 1 aromatic carbocycles. The lowest BCUT2D eigenvalue weighted by atomic mass is 9.94. The number of primary amides is 1. The van der Waals surface area contributed by atoms with Crippen LogP contribution in [0.4, 0.5) is 0 Å². The van der Waals surface area contributed by atoms with E-state index in [0.29, 0.717) is 19.3 Å². The quantitative estimate of drug-likeness (QED) is 0.0347. The number of aliphatic hydroxyl groups excluding tert-OH is 8. The Bertz CT molecular complexity index is 2380. The number of phenolic OH excluding ortho intramolecular Hbond substituents is 1. The van der Waals surface area contributed by atoms with Gasteiger partial charge in [-0.3, -0.25) is 47.9 Å². The Balaban J connectivity index is 2.15. The number of hydrogen-bond acceptors (Lipinski definition) is 22. The fourth-order valence-corrected chi connectivity index (χ4v) is 9.41. The van der Waals surface area contributed by atoms with Crippen molar-refractivity contribution in [3.8, 4) is 5.75 Å². The number of aliphatic hydroxyl groups is 8. The van der Waals surface area contributed by atoms with Crippen molar-refractivity contribution < 1.29 is 103 Å². The van der Waals surface area contributed by atoms with Crippen LogP contribution in [0.25, 0.3) is 0 Å². The third-order valence-electron chi connectivity index (χ3n) is 14.4. The normalized spacial score (nSPS) is 26.7. The van der Waals surface area contributed by atoms with Crippen LogP contribution in [0, 0.1) is 0 Å². The Labute approximate surface area is 503 Å². The van der Waals surface area contributed by atoms with Gasteiger partial charge in [-0.2, -0.15) is 0 Å². The summed E-state index contributed by atoms with van der Waals surface area (Å²) >= 11 is 0. The maximum atomic E-state index is 14.3. The number of rotatable bonds is 28. The summed E-state index contributed by atoms with van der Waals surface area (Å²) in [6.45, 7) is -0.159. The second-order valence-corrected chi connectivity index (χ2v) is 21.6. The molecule has 0 aliphatic carbocycles. The summed E-state index contributed by atoms with van der Waals surface area (Å²) in [6.07, 6.45) is -9.53. The van der Waals surface area contributed by atoms with E-state index in [4.69, 9.17) is 20.9 Å². The van der Waals surface area contributed by atoms with Crippen molar-refractivity contribution in [1.82, 2.24) is 47.9 Å². The maximum Gasteiger partial charge on any atom is 0.246 e. The first-order chi connectivity index (χ1) is 41.4. The van der Waals surface area contributed by atoms with Gasteiger partial charge in [-0.15, -0.1) is 0 Å². The lowest BCUT2D eigenvalue weighted by molar-refractivity contribution is -0.293. The zero-order valence-corrected chi connectivity index (χ0v) is 49.1. The molecule has 3 rings (SSSR count). The highest BCUT2D eigenvalue weighted by Crippen LogP contribution is 2.25. The second kappa shape index (κ2) is 39.2. The zero-order chi connectivity index (χ0) is 64.8. The summed E-state index contributed by atoms with van der Waals surface area (Å²) in [4.78, 5) is 137. The van der Waals surface area contributed by atoms with Crippen molar-refractivity contribution in [3.05, 3.63) is 29.8 Å². The van der Waals surface area contributed by atoms with E-state index >= 15 is 0 Å². The lowest BCUT2D eigenvalue weighted by Gasteiger charge is -2.38. The molecule has 0 bridgehead atoms. The Kier molecular flexibility index (Phi) is 33.6. The number of unbranched alkanes of at least 4 members (excludes halogenated alkanes) is 8. The van der Waals surface area contributed by atoms with Crippen molar-refractivity contribution in [2.45, 2.75) is 208 Å². The summed E-state index contributed by atoms with van der Waals surface area (Å²) in [5.41, 5.74) is 11.2. The van der Waals surface area contributed by atoms with Gasteiger partial charge in [-0.25, -0.2) is 0 Å². The number of phenols is 1. The van der Waals surface area contributed by atoms with Crippen molar-refractivity contribution in [2.24, 2.45) is 11.5 Å². The van der Waals surface area contributed by atoms with Crippen molar-refractivity contribution in [3.63, 3.8) is 0 Å². The first kappa shape index (κ1) is 74.5. The van der Waals surface area contributed by atoms with Crippen LogP contribution in [0.5, 0.6) is 5.75 Å². The largest absolute Gasteiger partial charge is 0.508 e. The molecule has 10 amide bonds. The molecule has 0 radical (unpaired) electrons. The van der Waals surface area contributed by atoms with Gasteiger partial charge in [0.25, 0.3) is 0 Å². The molecule has 15 atom stereocenters. The van der Waals surface area contributed by atoms with E-state index in [1.165, 1.54) is 12.1 Å². The Hall–Kier alpha value is -6.72. The van der Waals surface area contributed by atoms with Gasteiger partial charge in [-0.05, 0) is 49.9 Å². The standard InChI is InChI=1S/C55H91N11O21/c1-3-5-6-7-8-9-10-11-12-13-39(87-55-48(79)47(78)38(71)28-86-55)46(77)37(70)21-30-22-42(74)62-35(26-67)53(84)66-44(45(76)29-14-16-31(69)17-15-29)54(85)63-32(18-19-56)49(80)59-25-43(75)61-34(24-41(73)58-20-4-2)51(82)65-36(27-68)52(83)64-33(23-40(57)72)50(81)60-30/h14-17,30,32-39,44-48,55,67-71,76-79H,3-13,18-28,56H2,1-2H3,(H2,57,72)(H,58,73)(H,59,80)(H,60,81)(H,61,75)(H,62,74)(H,63,85)(H,64,83)(H,65,82)(H,66,84)/t30-,32-,33+,34+,35+,36-,37-,38-,39-,44-,45-,46-,47+,48-,55-/m1/s1. The number of benzene rings is 1. The molecule has 2 aliphatic rings. The number of hydrogen-bond donors (Lipinski definition) is 20. The van der Waals surface area contributed by atoms with Gasteiger partial charge in [0, 0.05) is 19.0 Å². The predicted octanol–water partition coefficient (Wildman–Crippen LogP) is -6.68. The van der Waals surface area contributed by atoms with Gasteiger partial charge < -0.3 is 115 Å². The Morgan fingerprint density at radius 1 is 0.667 bits per heavy atom. The number of amides is 10. The van der Waals surface area contributed by atoms with Crippen LogP contribution in [0.15, 0.2) is 24.3 Å². The number of carbonyl (C=O) groups excluding carboxylic acids is 10. The third-order valence-corrected chi connectivity index (χ3v) is 14.4. The van der Waals surface area contributed by atoms with Crippen LogP contribution < -0.4 is 59.3 Å². The number of nitrogens with one attached hydrogen (secondary N) is 9. The molecule has 32 heteroatoms. The number of nitrogens with two attached hydrogens (primary N) is 2. The molecule has 0 unspecified atom stereocenters. The molecule has 32 nitrogen and oxygen atoms in total.